The van der Waals surface area contributed by atoms with Gasteiger partial charge in [-0.2, -0.15) is 5.10 Å². The van der Waals surface area contributed by atoms with E-state index in [4.69, 9.17) is 0 Å². The highest BCUT2D eigenvalue weighted by Gasteiger charge is 2.20. The van der Waals surface area contributed by atoms with Gasteiger partial charge in [0.2, 0.25) is 0 Å². The van der Waals surface area contributed by atoms with Gasteiger partial charge in [0.25, 0.3) is 5.91 Å². The molecule has 1 fully saturated rings. The Hall–Kier alpha value is -3.68. The molecule has 0 bridgehead atoms. The zero-order valence-electron chi connectivity index (χ0n) is 20.9. The highest BCUT2D eigenvalue weighted by atomic mass is 16.1. The molecule has 3 heterocycles. The Balaban J connectivity index is 1.14. The van der Waals surface area contributed by atoms with Crippen molar-refractivity contribution < 1.29 is 4.79 Å². The normalized spacial score (nSPS) is 14.7. The molecule has 0 aliphatic carbocycles. The van der Waals surface area contributed by atoms with Crippen molar-refractivity contribution in [2.24, 2.45) is 0 Å². The number of piperazine rings is 1. The summed E-state index contributed by atoms with van der Waals surface area (Å²) in [4.78, 5) is 18.2. The summed E-state index contributed by atoms with van der Waals surface area (Å²) in [7, 11) is 0. The van der Waals surface area contributed by atoms with Gasteiger partial charge in [0, 0.05) is 51.7 Å². The van der Waals surface area contributed by atoms with Gasteiger partial charge in [-0.15, -0.1) is 0 Å². The molecule has 7 nitrogen and oxygen atoms in total. The molecule has 186 valence electrons. The molecule has 5 rings (SSSR count). The van der Waals surface area contributed by atoms with E-state index < -0.39 is 0 Å². The van der Waals surface area contributed by atoms with Crippen molar-refractivity contribution in [3.8, 4) is 11.5 Å². The molecule has 0 spiro atoms. The van der Waals surface area contributed by atoms with Crippen molar-refractivity contribution in [3.63, 3.8) is 0 Å². The van der Waals surface area contributed by atoms with Crippen molar-refractivity contribution in [2.75, 3.05) is 39.3 Å². The van der Waals surface area contributed by atoms with Gasteiger partial charge < -0.3 is 14.8 Å². The van der Waals surface area contributed by atoms with E-state index in [-0.39, 0.29) is 5.91 Å². The second kappa shape index (κ2) is 11.4. The number of rotatable bonds is 9. The summed E-state index contributed by atoms with van der Waals surface area (Å²) in [6, 6.07) is 22.7. The number of benzene rings is 2. The van der Waals surface area contributed by atoms with E-state index in [0.717, 1.165) is 62.8 Å². The van der Waals surface area contributed by atoms with Gasteiger partial charge >= 0.3 is 0 Å². The number of hydrogen-bond acceptors (Lipinski definition) is 4. The lowest BCUT2D eigenvalue weighted by Gasteiger charge is -2.34. The highest BCUT2D eigenvalue weighted by molar-refractivity contribution is 5.97. The lowest BCUT2D eigenvalue weighted by molar-refractivity contribution is 0.0947. The number of hydrogen-bond donors (Lipinski definition) is 1. The third-order valence-corrected chi connectivity index (χ3v) is 6.73. The van der Waals surface area contributed by atoms with Gasteiger partial charge in [0.15, 0.2) is 5.82 Å². The van der Waals surface area contributed by atoms with Gasteiger partial charge in [-0.3, -0.25) is 9.69 Å². The summed E-state index contributed by atoms with van der Waals surface area (Å²) in [6.45, 7) is 9.02. The lowest BCUT2D eigenvalue weighted by atomic mass is 10.2. The lowest BCUT2D eigenvalue weighted by Crippen LogP contribution is -2.46. The number of nitrogens with one attached hydrogen (secondary N) is 1. The Morgan fingerprint density at radius 3 is 2.42 bits per heavy atom. The van der Waals surface area contributed by atoms with Gasteiger partial charge in [-0.25, -0.2) is 4.68 Å². The van der Waals surface area contributed by atoms with Crippen LogP contribution in [0.4, 0.5) is 0 Å². The van der Waals surface area contributed by atoms with Gasteiger partial charge in [0.05, 0.1) is 11.9 Å². The smallest absolute Gasteiger partial charge is 0.256 e. The molecule has 1 aliphatic heterocycles. The maximum Gasteiger partial charge on any atom is 0.256 e. The maximum absolute atomic E-state index is 13.1. The second-order valence-electron chi connectivity index (χ2n) is 9.44. The predicted octanol–water partition coefficient (Wildman–Crippen LogP) is 3.91. The Kier molecular flexibility index (Phi) is 7.59. The minimum Gasteiger partial charge on any atom is -0.352 e. The first-order chi connectivity index (χ1) is 17.7. The Labute approximate surface area is 213 Å². The maximum atomic E-state index is 13.1. The first-order valence-electron chi connectivity index (χ1n) is 12.7. The average Bonchev–Trinajstić information content (AvgIpc) is 3.58. The van der Waals surface area contributed by atoms with Crippen molar-refractivity contribution in [2.45, 2.75) is 19.9 Å². The van der Waals surface area contributed by atoms with Crippen LogP contribution in [0.1, 0.15) is 27.9 Å². The Morgan fingerprint density at radius 2 is 1.67 bits per heavy atom. The van der Waals surface area contributed by atoms with Crippen LogP contribution < -0.4 is 5.32 Å². The van der Waals surface area contributed by atoms with Gasteiger partial charge in [-0.05, 0) is 55.3 Å². The van der Waals surface area contributed by atoms with Crippen molar-refractivity contribution >= 4 is 5.91 Å². The number of carbonyl (C=O) groups excluding carboxylic acids is 1. The van der Waals surface area contributed by atoms with Crippen LogP contribution in [0.2, 0.25) is 0 Å². The van der Waals surface area contributed by atoms with Crippen LogP contribution in [0.25, 0.3) is 11.5 Å². The van der Waals surface area contributed by atoms with Crippen LogP contribution in [0.15, 0.2) is 85.3 Å². The van der Waals surface area contributed by atoms with Crippen LogP contribution in [0, 0.1) is 6.92 Å². The SMILES string of the molecule is Cc1cccc(-n2ncc(C(=O)NCCCN3CCN(Cc4ccccc4)CC3)c2-n2cccc2)c1. The van der Waals surface area contributed by atoms with Crippen molar-refractivity contribution in [1.29, 1.82) is 0 Å². The molecule has 4 aromatic rings. The number of aryl methyl sites for hydroxylation is 1. The third kappa shape index (κ3) is 5.75. The van der Waals surface area contributed by atoms with Crippen molar-refractivity contribution in [1.82, 2.24) is 29.5 Å². The van der Waals surface area contributed by atoms with Crippen molar-refractivity contribution in [3.05, 3.63) is 102 Å². The quantitative estimate of drug-likeness (QED) is 0.368. The molecule has 0 saturated carbocycles. The summed E-state index contributed by atoms with van der Waals surface area (Å²) in [5.74, 6) is 0.655. The largest absolute Gasteiger partial charge is 0.352 e. The standard InChI is InChI=1S/C29H34N6O/c1-24-9-7-12-26(21-24)35-29(34-15-5-6-16-34)27(22-31-35)28(36)30-13-8-14-32-17-19-33(20-18-32)23-25-10-3-2-4-11-25/h2-7,9-12,15-16,21-22H,8,13-14,17-20,23H2,1H3,(H,30,36). The zero-order chi connectivity index (χ0) is 24.7. The average molecular weight is 483 g/mol. The van der Waals surface area contributed by atoms with Crippen LogP contribution in [-0.4, -0.2) is 69.3 Å². The van der Waals surface area contributed by atoms with E-state index in [1.54, 1.807) is 6.20 Å². The predicted molar refractivity (Wildman–Crippen MR) is 143 cm³/mol. The van der Waals surface area contributed by atoms with E-state index in [1.807, 2.05) is 45.9 Å². The molecule has 7 heteroatoms. The number of aromatic nitrogens is 3. The molecule has 36 heavy (non-hydrogen) atoms. The van der Waals surface area contributed by atoms with E-state index in [9.17, 15) is 4.79 Å². The summed E-state index contributed by atoms with van der Waals surface area (Å²) < 4.78 is 3.77. The minimum absolute atomic E-state index is 0.0923. The molecule has 2 aromatic carbocycles. The van der Waals surface area contributed by atoms with Crippen LogP contribution in [0.3, 0.4) is 0 Å². The fourth-order valence-electron chi connectivity index (χ4n) is 4.79. The number of carbonyl (C=O) groups is 1. The molecule has 0 unspecified atom stereocenters. The Morgan fingerprint density at radius 1 is 0.917 bits per heavy atom. The minimum atomic E-state index is -0.0923. The number of nitrogens with zero attached hydrogens (tertiary/aromatic N) is 5. The molecular weight excluding hydrogens is 448 g/mol. The third-order valence-electron chi connectivity index (χ3n) is 6.73. The first kappa shape index (κ1) is 24.0. The summed E-state index contributed by atoms with van der Waals surface area (Å²) in [6.07, 6.45) is 6.48. The fraction of sp³-hybridized carbons (Fsp3) is 0.310. The molecule has 1 amide bonds. The molecule has 0 radical (unpaired) electrons. The van der Waals surface area contributed by atoms with Crippen LogP contribution in [0.5, 0.6) is 0 Å². The summed E-state index contributed by atoms with van der Waals surface area (Å²) in [5.41, 5.74) is 4.03. The first-order valence-corrected chi connectivity index (χ1v) is 12.7. The zero-order valence-corrected chi connectivity index (χ0v) is 20.9. The molecule has 1 aliphatic rings. The van der Waals surface area contributed by atoms with E-state index >= 15 is 0 Å². The molecule has 1 saturated heterocycles. The van der Waals surface area contributed by atoms with E-state index in [2.05, 4.69) is 69.6 Å². The second-order valence-corrected chi connectivity index (χ2v) is 9.44. The molecule has 2 aromatic heterocycles. The van der Waals surface area contributed by atoms with Crippen LogP contribution in [-0.2, 0) is 6.54 Å². The molecule has 0 atom stereocenters. The van der Waals surface area contributed by atoms with Gasteiger partial charge in [0.1, 0.15) is 5.56 Å². The topological polar surface area (TPSA) is 58.3 Å². The Bertz CT molecular complexity index is 1260. The summed E-state index contributed by atoms with van der Waals surface area (Å²) in [5, 5.41) is 7.68. The van der Waals surface area contributed by atoms with E-state index in [0.29, 0.717) is 12.1 Å². The highest BCUT2D eigenvalue weighted by Crippen LogP contribution is 2.20. The van der Waals surface area contributed by atoms with Crippen LogP contribution >= 0.6 is 0 Å². The van der Waals surface area contributed by atoms with E-state index in [1.165, 1.54) is 5.56 Å². The fourth-order valence-corrected chi connectivity index (χ4v) is 4.79. The molecular formula is C29H34N6O. The summed E-state index contributed by atoms with van der Waals surface area (Å²) >= 11 is 0. The monoisotopic (exact) mass is 482 g/mol. The number of amides is 1. The van der Waals surface area contributed by atoms with Gasteiger partial charge in [-0.1, -0.05) is 42.5 Å². The molecule has 1 N–H and O–H groups in total.